The van der Waals surface area contributed by atoms with Gasteiger partial charge >= 0.3 is 0 Å². The van der Waals surface area contributed by atoms with E-state index in [4.69, 9.17) is 11.6 Å². The maximum absolute atomic E-state index is 11.6. The van der Waals surface area contributed by atoms with Crippen molar-refractivity contribution >= 4 is 33.4 Å². The van der Waals surface area contributed by atoms with Crippen molar-refractivity contribution in [2.24, 2.45) is 0 Å². The Labute approximate surface area is 103 Å². The topological polar surface area (TPSA) is 29.1 Å². The number of nitrogens with one attached hydrogen (secondary N) is 1. The SMILES string of the molecule is CCC(Cl)CNC(=O)c1ccc(Br)cc1. The molecule has 0 aromatic heterocycles. The maximum atomic E-state index is 11.6. The quantitative estimate of drug-likeness (QED) is 0.848. The first-order valence-electron chi connectivity index (χ1n) is 4.81. The number of benzene rings is 1. The molecule has 1 N–H and O–H groups in total. The fourth-order valence-electron chi connectivity index (χ4n) is 1.05. The van der Waals surface area contributed by atoms with E-state index >= 15 is 0 Å². The molecule has 1 amide bonds. The second-order valence-electron chi connectivity index (χ2n) is 3.22. The number of amides is 1. The minimum Gasteiger partial charge on any atom is -0.351 e. The lowest BCUT2D eigenvalue weighted by atomic mass is 10.2. The van der Waals surface area contributed by atoms with E-state index in [1.165, 1.54) is 0 Å². The first-order chi connectivity index (χ1) is 7.13. The van der Waals surface area contributed by atoms with Gasteiger partial charge in [0.2, 0.25) is 0 Å². The van der Waals surface area contributed by atoms with E-state index in [1.807, 2.05) is 19.1 Å². The summed E-state index contributed by atoms with van der Waals surface area (Å²) in [7, 11) is 0. The summed E-state index contributed by atoms with van der Waals surface area (Å²) in [4.78, 5) is 11.6. The zero-order chi connectivity index (χ0) is 11.3. The van der Waals surface area contributed by atoms with E-state index in [0.717, 1.165) is 10.9 Å². The molecule has 0 radical (unpaired) electrons. The average molecular weight is 291 g/mol. The first kappa shape index (κ1) is 12.5. The highest BCUT2D eigenvalue weighted by Gasteiger charge is 2.07. The van der Waals surface area contributed by atoms with Crippen molar-refractivity contribution in [3.05, 3.63) is 34.3 Å². The lowest BCUT2D eigenvalue weighted by Gasteiger charge is -2.08. The molecular formula is C11H13BrClNO. The van der Waals surface area contributed by atoms with Crippen LogP contribution in [-0.4, -0.2) is 17.8 Å². The van der Waals surface area contributed by atoms with Crippen LogP contribution < -0.4 is 5.32 Å². The van der Waals surface area contributed by atoms with Crippen LogP contribution in [0, 0.1) is 0 Å². The molecule has 1 rings (SSSR count). The summed E-state index contributed by atoms with van der Waals surface area (Å²) in [6.45, 7) is 2.50. The van der Waals surface area contributed by atoms with E-state index in [9.17, 15) is 4.79 Å². The molecule has 82 valence electrons. The van der Waals surface area contributed by atoms with E-state index in [-0.39, 0.29) is 11.3 Å². The van der Waals surface area contributed by atoms with Crippen LogP contribution >= 0.6 is 27.5 Å². The molecule has 0 saturated heterocycles. The van der Waals surface area contributed by atoms with Crippen LogP contribution in [0.3, 0.4) is 0 Å². The number of alkyl halides is 1. The first-order valence-corrected chi connectivity index (χ1v) is 6.04. The predicted octanol–water partition coefficient (Wildman–Crippen LogP) is 3.20. The molecule has 1 unspecified atom stereocenters. The van der Waals surface area contributed by atoms with Gasteiger partial charge in [0, 0.05) is 16.6 Å². The lowest BCUT2D eigenvalue weighted by molar-refractivity contribution is 0.0953. The molecule has 1 atom stereocenters. The van der Waals surface area contributed by atoms with Gasteiger partial charge in [0.15, 0.2) is 0 Å². The number of rotatable bonds is 4. The maximum Gasteiger partial charge on any atom is 0.251 e. The van der Waals surface area contributed by atoms with Crippen LogP contribution in [0.1, 0.15) is 23.7 Å². The smallest absolute Gasteiger partial charge is 0.251 e. The van der Waals surface area contributed by atoms with Crippen molar-refractivity contribution in [2.75, 3.05) is 6.54 Å². The van der Waals surface area contributed by atoms with Gasteiger partial charge in [-0.3, -0.25) is 4.79 Å². The fraction of sp³-hybridized carbons (Fsp3) is 0.364. The van der Waals surface area contributed by atoms with Gasteiger partial charge < -0.3 is 5.32 Å². The Kier molecular flexibility index (Phi) is 5.12. The number of hydrogen-bond donors (Lipinski definition) is 1. The molecule has 0 heterocycles. The average Bonchev–Trinajstić information content (AvgIpc) is 2.26. The predicted molar refractivity (Wildman–Crippen MR) is 66.4 cm³/mol. The minimum absolute atomic E-state index is 0.00407. The van der Waals surface area contributed by atoms with E-state index in [0.29, 0.717) is 12.1 Å². The summed E-state index contributed by atoms with van der Waals surface area (Å²) in [5, 5.41) is 2.79. The van der Waals surface area contributed by atoms with Crippen LogP contribution in [0.25, 0.3) is 0 Å². The Hall–Kier alpha value is -0.540. The Balaban J connectivity index is 2.50. The second kappa shape index (κ2) is 6.13. The Morgan fingerprint density at radius 1 is 1.47 bits per heavy atom. The number of carbonyl (C=O) groups is 1. The molecule has 1 aromatic rings. The molecule has 0 bridgehead atoms. The molecule has 15 heavy (non-hydrogen) atoms. The Bertz CT molecular complexity index is 326. The van der Waals surface area contributed by atoms with Gasteiger partial charge in [0.25, 0.3) is 5.91 Å². The minimum atomic E-state index is -0.0819. The summed E-state index contributed by atoms with van der Waals surface area (Å²) < 4.78 is 0.961. The van der Waals surface area contributed by atoms with Gasteiger partial charge in [-0.2, -0.15) is 0 Å². The molecule has 0 fully saturated rings. The second-order valence-corrected chi connectivity index (χ2v) is 4.76. The summed E-state index contributed by atoms with van der Waals surface area (Å²) in [5.41, 5.74) is 0.651. The molecule has 1 aromatic carbocycles. The van der Waals surface area contributed by atoms with Crippen molar-refractivity contribution < 1.29 is 4.79 Å². The molecule has 0 aliphatic carbocycles. The van der Waals surface area contributed by atoms with Crippen molar-refractivity contribution in [1.82, 2.24) is 5.32 Å². The number of hydrogen-bond acceptors (Lipinski definition) is 1. The van der Waals surface area contributed by atoms with E-state index in [2.05, 4.69) is 21.2 Å². The van der Waals surface area contributed by atoms with Gasteiger partial charge in [-0.15, -0.1) is 11.6 Å². The van der Waals surface area contributed by atoms with E-state index < -0.39 is 0 Å². The standard InChI is InChI=1S/C11H13BrClNO/c1-2-10(13)7-14-11(15)8-3-5-9(12)6-4-8/h3-6,10H,2,7H2,1H3,(H,14,15). The number of halogens is 2. The third kappa shape index (κ3) is 4.22. The third-order valence-corrected chi connectivity index (χ3v) is 3.03. The lowest BCUT2D eigenvalue weighted by Crippen LogP contribution is -2.29. The van der Waals surface area contributed by atoms with Crippen molar-refractivity contribution in [3.63, 3.8) is 0 Å². The van der Waals surface area contributed by atoms with Gasteiger partial charge in [0.1, 0.15) is 0 Å². The highest BCUT2D eigenvalue weighted by molar-refractivity contribution is 9.10. The Morgan fingerprint density at radius 2 is 2.07 bits per heavy atom. The zero-order valence-corrected chi connectivity index (χ0v) is 10.8. The van der Waals surface area contributed by atoms with Crippen molar-refractivity contribution in [3.8, 4) is 0 Å². The molecule has 0 aliphatic heterocycles. The van der Waals surface area contributed by atoms with Gasteiger partial charge in [0.05, 0.1) is 5.38 Å². The summed E-state index contributed by atoms with van der Waals surface area (Å²) in [5.74, 6) is -0.0819. The molecule has 4 heteroatoms. The van der Waals surface area contributed by atoms with Gasteiger partial charge in [-0.1, -0.05) is 22.9 Å². The Morgan fingerprint density at radius 3 is 2.60 bits per heavy atom. The zero-order valence-electron chi connectivity index (χ0n) is 8.47. The largest absolute Gasteiger partial charge is 0.351 e. The van der Waals surface area contributed by atoms with Gasteiger partial charge in [-0.05, 0) is 30.7 Å². The number of carbonyl (C=O) groups excluding carboxylic acids is 1. The normalized spacial score (nSPS) is 12.2. The summed E-state index contributed by atoms with van der Waals surface area (Å²) >= 11 is 9.21. The van der Waals surface area contributed by atoms with Crippen LogP contribution in [0.15, 0.2) is 28.7 Å². The van der Waals surface area contributed by atoms with Crippen LogP contribution in [0.5, 0.6) is 0 Å². The highest BCUT2D eigenvalue weighted by Crippen LogP contribution is 2.10. The molecule has 0 aliphatic rings. The van der Waals surface area contributed by atoms with Crippen LogP contribution in [0.4, 0.5) is 0 Å². The summed E-state index contributed by atoms with van der Waals surface area (Å²) in [6, 6.07) is 7.23. The molecule has 0 spiro atoms. The van der Waals surface area contributed by atoms with Crippen LogP contribution in [0.2, 0.25) is 0 Å². The van der Waals surface area contributed by atoms with Crippen molar-refractivity contribution in [2.45, 2.75) is 18.7 Å². The van der Waals surface area contributed by atoms with E-state index in [1.54, 1.807) is 12.1 Å². The molecular weight excluding hydrogens is 277 g/mol. The molecule has 0 saturated carbocycles. The van der Waals surface area contributed by atoms with Gasteiger partial charge in [-0.25, -0.2) is 0 Å². The molecule has 2 nitrogen and oxygen atoms in total. The summed E-state index contributed by atoms with van der Waals surface area (Å²) in [6.07, 6.45) is 0.849. The van der Waals surface area contributed by atoms with Crippen LogP contribution in [-0.2, 0) is 0 Å². The monoisotopic (exact) mass is 289 g/mol. The third-order valence-electron chi connectivity index (χ3n) is 2.03. The fourth-order valence-corrected chi connectivity index (χ4v) is 1.39. The highest BCUT2D eigenvalue weighted by atomic mass is 79.9. The van der Waals surface area contributed by atoms with Crippen molar-refractivity contribution in [1.29, 1.82) is 0 Å².